The maximum absolute atomic E-state index is 13.4. The summed E-state index contributed by atoms with van der Waals surface area (Å²) in [5.74, 6) is 0.643. The Bertz CT molecular complexity index is 1250. The SMILES string of the molecule is CCC(CC)n1c(=O)c(C(=O)N(C)C)cc2cnc(Nc3ccc(N4CCN(C)CC4)cn3)nc21.[HH]. The van der Waals surface area contributed by atoms with Crippen molar-refractivity contribution < 1.29 is 6.22 Å². The van der Waals surface area contributed by atoms with Crippen molar-refractivity contribution >= 4 is 34.4 Å². The van der Waals surface area contributed by atoms with Crippen LogP contribution >= 0.6 is 0 Å². The first-order chi connectivity index (χ1) is 16.8. The molecule has 10 nitrogen and oxygen atoms in total. The van der Waals surface area contributed by atoms with Crippen LogP contribution in [0, 0.1) is 0 Å². The maximum Gasteiger partial charge on any atom is 0.265 e. The highest BCUT2D eigenvalue weighted by atomic mass is 16.2. The zero-order valence-electron chi connectivity index (χ0n) is 21.2. The van der Waals surface area contributed by atoms with Crippen molar-refractivity contribution in [2.75, 3.05) is 57.5 Å². The summed E-state index contributed by atoms with van der Waals surface area (Å²) >= 11 is 0. The van der Waals surface area contributed by atoms with E-state index < -0.39 is 0 Å². The zero-order valence-corrected chi connectivity index (χ0v) is 21.2. The number of amides is 1. The van der Waals surface area contributed by atoms with Gasteiger partial charge in [0.2, 0.25) is 5.95 Å². The summed E-state index contributed by atoms with van der Waals surface area (Å²) in [5, 5.41) is 3.80. The number of likely N-dealkylation sites (N-methyl/N-ethyl adjacent to an activating group) is 1. The number of nitrogens with one attached hydrogen (secondary N) is 1. The second kappa shape index (κ2) is 10.4. The third-order valence-electron chi connectivity index (χ3n) is 6.57. The van der Waals surface area contributed by atoms with E-state index in [0.29, 0.717) is 22.8 Å². The molecular formula is C25H36N8O2. The van der Waals surface area contributed by atoms with Gasteiger partial charge in [-0.05, 0) is 38.1 Å². The molecule has 1 N–H and O–H groups in total. The number of rotatable bonds is 7. The fourth-order valence-corrected chi connectivity index (χ4v) is 4.39. The third kappa shape index (κ3) is 5.12. The Hall–Kier alpha value is -3.53. The normalized spacial score (nSPS) is 14.5. The number of pyridine rings is 2. The summed E-state index contributed by atoms with van der Waals surface area (Å²) in [7, 11) is 5.41. The van der Waals surface area contributed by atoms with Gasteiger partial charge in [0.1, 0.15) is 17.0 Å². The molecule has 0 spiro atoms. The number of carbonyl (C=O) groups excluding carboxylic acids is 1. The first-order valence-electron chi connectivity index (χ1n) is 12.1. The van der Waals surface area contributed by atoms with Crippen molar-refractivity contribution in [1.82, 2.24) is 29.3 Å². The molecule has 1 fully saturated rings. The molecule has 0 saturated carbocycles. The number of hydrogen-bond donors (Lipinski definition) is 1. The number of aromatic nitrogens is 4. The topological polar surface area (TPSA) is 99.5 Å². The first-order valence-corrected chi connectivity index (χ1v) is 12.1. The number of anilines is 3. The molecule has 0 radical (unpaired) electrons. The molecule has 4 rings (SSSR count). The van der Waals surface area contributed by atoms with Crippen molar-refractivity contribution in [3.63, 3.8) is 0 Å². The van der Waals surface area contributed by atoms with Crippen LogP contribution in [0.5, 0.6) is 0 Å². The standard InChI is InChI=1S/C25H34N8O2.H2/c1-6-18(7-2)33-22-17(14-20(24(33)35)23(34)30(3)4)15-27-25(29-22)28-21-9-8-19(16-26-21)32-12-10-31(5)11-13-32;/h8-9,14-16,18H,6-7,10-13H2,1-5H3,(H,26,27,28,29);1H. The predicted octanol–water partition coefficient (Wildman–Crippen LogP) is 2.99. The van der Waals surface area contributed by atoms with Crippen LogP contribution in [-0.2, 0) is 0 Å². The summed E-state index contributed by atoms with van der Waals surface area (Å²) in [6, 6.07) is 5.46. The monoisotopic (exact) mass is 480 g/mol. The van der Waals surface area contributed by atoms with Crippen LogP contribution in [0.2, 0.25) is 0 Å². The Morgan fingerprint density at radius 3 is 2.43 bits per heavy atom. The molecule has 0 unspecified atom stereocenters. The molecule has 1 aliphatic heterocycles. The van der Waals surface area contributed by atoms with E-state index in [9.17, 15) is 9.59 Å². The first kappa shape index (κ1) is 24.6. The van der Waals surface area contributed by atoms with E-state index in [1.807, 2.05) is 32.2 Å². The molecule has 1 saturated heterocycles. The van der Waals surface area contributed by atoms with E-state index in [2.05, 4.69) is 37.1 Å². The molecule has 188 valence electrons. The lowest BCUT2D eigenvalue weighted by molar-refractivity contribution is 0.0825. The van der Waals surface area contributed by atoms with Gasteiger partial charge in [-0.3, -0.25) is 14.2 Å². The Morgan fingerprint density at radius 2 is 1.83 bits per heavy atom. The van der Waals surface area contributed by atoms with E-state index in [-0.39, 0.29) is 24.5 Å². The molecular weight excluding hydrogens is 444 g/mol. The van der Waals surface area contributed by atoms with Crippen LogP contribution in [-0.4, -0.2) is 82.5 Å². The van der Waals surface area contributed by atoms with Gasteiger partial charge >= 0.3 is 0 Å². The van der Waals surface area contributed by atoms with Crippen LogP contribution in [0.25, 0.3) is 11.0 Å². The number of hydrogen-bond acceptors (Lipinski definition) is 8. The number of piperazine rings is 1. The largest absolute Gasteiger partial charge is 0.368 e. The molecule has 0 aromatic carbocycles. The van der Waals surface area contributed by atoms with E-state index in [0.717, 1.165) is 44.7 Å². The Kier molecular flexibility index (Phi) is 7.30. The lowest BCUT2D eigenvalue weighted by Crippen LogP contribution is -2.44. The van der Waals surface area contributed by atoms with Crippen molar-refractivity contribution in [2.45, 2.75) is 32.7 Å². The van der Waals surface area contributed by atoms with Gasteiger partial charge < -0.3 is 20.0 Å². The second-order valence-corrected chi connectivity index (χ2v) is 9.19. The molecule has 1 amide bonds. The van der Waals surface area contributed by atoms with E-state index in [1.165, 1.54) is 4.90 Å². The number of nitrogens with zero attached hydrogens (tertiary/aromatic N) is 7. The van der Waals surface area contributed by atoms with Crippen LogP contribution in [0.1, 0.15) is 44.5 Å². The summed E-state index contributed by atoms with van der Waals surface area (Å²) in [5.41, 5.74) is 1.39. The van der Waals surface area contributed by atoms with Gasteiger partial charge in [-0.1, -0.05) is 13.8 Å². The smallest absolute Gasteiger partial charge is 0.265 e. The lowest BCUT2D eigenvalue weighted by atomic mass is 10.1. The van der Waals surface area contributed by atoms with Gasteiger partial charge in [-0.2, -0.15) is 4.98 Å². The molecule has 0 aliphatic carbocycles. The molecule has 4 heterocycles. The Morgan fingerprint density at radius 1 is 1.11 bits per heavy atom. The average Bonchev–Trinajstić information content (AvgIpc) is 2.86. The zero-order chi connectivity index (χ0) is 25.1. The van der Waals surface area contributed by atoms with E-state index in [4.69, 9.17) is 0 Å². The van der Waals surface area contributed by atoms with Crippen molar-refractivity contribution in [3.8, 4) is 0 Å². The van der Waals surface area contributed by atoms with E-state index in [1.54, 1.807) is 30.9 Å². The third-order valence-corrected chi connectivity index (χ3v) is 6.57. The van der Waals surface area contributed by atoms with Gasteiger partial charge in [0.05, 0.1) is 11.9 Å². The van der Waals surface area contributed by atoms with Gasteiger partial charge in [0, 0.05) is 59.3 Å². The minimum absolute atomic E-state index is 0. The number of fused-ring (bicyclic) bond motifs is 1. The van der Waals surface area contributed by atoms with Crippen LogP contribution < -0.4 is 15.8 Å². The summed E-state index contributed by atoms with van der Waals surface area (Å²) in [6.07, 6.45) is 4.99. The van der Waals surface area contributed by atoms with Gasteiger partial charge in [0.25, 0.3) is 11.5 Å². The summed E-state index contributed by atoms with van der Waals surface area (Å²) < 4.78 is 1.64. The van der Waals surface area contributed by atoms with Crippen molar-refractivity contribution in [1.29, 1.82) is 0 Å². The van der Waals surface area contributed by atoms with Crippen molar-refractivity contribution in [2.24, 2.45) is 0 Å². The Labute approximate surface area is 207 Å². The molecule has 3 aromatic heterocycles. The fourth-order valence-electron chi connectivity index (χ4n) is 4.39. The quantitative estimate of drug-likeness (QED) is 0.551. The van der Waals surface area contributed by atoms with Crippen LogP contribution in [0.15, 0.2) is 35.4 Å². The maximum atomic E-state index is 13.4. The van der Waals surface area contributed by atoms with Gasteiger partial charge in [-0.15, -0.1) is 0 Å². The highest BCUT2D eigenvalue weighted by Crippen LogP contribution is 2.23. The highest BCUT2D eigenvalue weighted by Gasteiger charge is 2.22. The number of carbonyl (C=O) groups is 1. The van der Waals surface area contributed by atoms with Gasteiger partial charge in [0.15, 0.2) is 0 Å². The molecule has 10 heteroatoms. The molecule has 1 aliphatic rings. The van der Waals surface area contributed by atoms with Crippen LogP contribution in [0.3, 0.4) is 0 Å². The fraction of sp³-hybridized carbons (Fsp3) is 0.480. The Balaban J connectivity index is 0.00000361. The van der Waals surface area contributed by atoms with Crippen LogP contribution in [0.4, 0.5) is 17.5 Å². The summed E-state index contributed by atoms with van der Waals surface area (Å²) in [6.45, 7) is 8.07. The minimum atomic E-state index is -0.330. The van der Waals surface area contributed by atoms with E-state index >= 15 is 0 Å². The minimum Gasteiger partial charge on any atom is -0.368 e. The molecule has 35 heavy (non-hydrogen) atoms. The highest BCUT2D eigenvalue weighted by molar-refractivity contribution is 5.96. The molecule has 0 bridgehead atoms. The molecule has 0 atom stereocenters. The molecule has 3 aromatic rings. The predicted molar refractivity (Wildman–Crippen MR) is 141 cm³/mol. The summed E-state index contributed by atoms with van der Waals surface area (Å²) in [4.78, 5) is 45.8. The average molecular weight is 481 g/mol. The van der Waals surface area contributed by atoms with Crippen molar-refractivity contribution in [3.05, 3.63) is 46.5 Å². The van der Waals surface area contributed by atoms with Gasteiger partial charge in [-0.25, -0.2) is 9.97 Å². The lowest BCUT2D eigenvalue weighted by Gasteiger charge is -2.33. The second-order valence-electron chi connectivity index (χ2n) is 9.19.